The third-order valence-corrected chi connectivity index (χ3v) is 12.2. The molecule has 1 amide bonds. The van der Waals surface area contributed by atoms with Crippen molar-refractivity contribution in [3.05, 3.63) is 98.3 Å². The maximum Gasteiger partial charge on any atom is 0.316 e. The van der Waals surface area contributed by atoms with Gasteiger partial charge in [-0.15, -0.1) is 0 Å². The van der Waals surface area contributed by atoms with Gasteiger partial charge in [0.2, 0.25) is 11.5 Å². The third kappa shape index (κ3) is 8.70. The van der Waals surface area contributed by atoms with Gasteiger partial charge in [0.25, 0.3) is 0 Å². The van der Waals surface area contributed by atoms with Crippen molar-refractivity contribution in [1.29, 1.82) is 0 Å². The zero-order valence-corrected chi connectivity index (χ0v) is 32.1. The fraction of sp³-hybridized carbons (Fsp3) is 0.465. The van der Waals surface area contributed by atoms with E-state index in [1.54, 1.807) is 31.4 Å². The molecule has 2 atom stereocenters. The van der Waals surface area contributed by atoms with Crippen molar-refractivity contribution in [2.24, 2.45) is 5.92 Å². The highest BCUT2D eigenvalue weighted by atomic mass is 35.5. The van der Waals surface area contributed by atoms with E-state index in [1.165, 1.54) is 12.1 Å². The fourth-order valence-electron chi connectivity index (χ4n) is 8.74. The van der Waals surface area contributed by atoms with Crippen molar-refractivity contribution in [3.8, 4) is 11.5 Å². The van der Waals surface area contributed by atoms with Crippen molar-refractivity contribution >= 4 is 40.1 Å². The molecule has 12 heteroatoms. The minimum absolute atomic E-state index is 0.00590. The Morgan fingerprint density at radius 1 is 1.04 bits per heavy atom. The second-order valence-electron chi connectivity index (χ2n) is 15.4. The second-order valence-corrected chi connectivity index (χ2v) is 15.8. The highest BCUT2D eigenvalue weighted by Crippen LogP contribution is 2.42. The summed E-state index contributed by atoms with van der Waals surface area (Å²) in [6, 6.07) is 17.8. The number of anilines is 1. The lowest BCUT2D eigenvalue weighted by Crippen LogP contribution is -2.53. The average molecular weight is 771 g/mol. The molecule has 2 bridgehead atoms. The molecule has 5 N–H and O–H groups in total. The van der Waals surface area contributed by atoms with Gasteiger partial charge in [-0.3, -0.25) is 19.3 Å². The number of benzene rings is 3. The van der Waals surface area contributed by atoms with E-state index in [1.807, 2.05) is 0 Å². The second kappa shape index (κ2) is 17.2. The Labute approximate surface area is 326 Å². The highest BCUT2D eigenvalue weighted by Gasteiger charge is 2.45. The van der Waals surface area contributed by atoms with Crippen molar-refractivity contribution in [1.82, 2.24) is 15.2 Å². The summed E-state index contributed by atoms with van der Waals surface area (Å²) in [6.45, 7) is 3.59. The Morgan fingerprint density at radius 2 is 1.80 bits per heavy atom. The zero-order chi connectivity index (χ0) is 38.5. The molecule has 1 aromatic heterocycles. The molecule has 4 aliphatic rings. The van der Waals surface area contributed by atoms with E-state index in [9.17, 15) is 24.6 Å². The van der Waals surface area contributed by atoms with Gasteiger partial charge in [-0.25, -0.2) is 0 Å². The number of nitrogens with one attached hydrogen (secondary N) is 3. The van der Waals surface area contributed by atoms with Crippen LogP contribution in [0.1, 0.15) is 86.1 Å². The van der Waals surface area contributed by atoms with Crippen LogP contribution in [-0.4, -0.2) is 71.4 Å². The number of hydrogen-bond donors (Lipinski definition) is 5. The minimum Gasteiger partial charge on any atom is -0.506 e. The van der Waals surface area contributed by atoms with Crippen LogP contribution in [0.5, 0.6) is 11.5 Å². The molecule has 8 rings (SSSR count). The van der Waals surface area contributed by atoms with Crippen LogP contribution < -0.4 is 20.9 Å². The monoisotopic (exact) mass is 770 g/mol. The number of amides is 1. The average Bonchev–Trinajstić information content (AvgIpc) is 3.20. The van der Waals surface area contributed by atoms with Crippen LogP contribution in [0.3, 0.4) is 0 Å². The van der Waals surface area contributed by atoms with Gasteiger partial charge >= 0.3 is 5.97 Å². The van der Waals surface area contributed by atoms with Gasteiger partial charge in [0.1, 0.15) is 17.6 Å². The number of phenols is 1. The normalized spacial score (nSPS) is 20.9. The highest BCUT2D eigenvalue weighted by molar-refractivity contribution is 6.33. The number of aryl methyl sites for hydroxylation is 1. The summed E-state index contributed by atoms with van der Waals surface area (Å²) in [6.07, 6.45) is 7.82. The van der Waals surface area contributed by atoms with Crippen LogP contribution in [-0.2, 0) is 32.7 Å². The number of halogens is 1. The number of carbonyl (C=O) groups is 2. The summed E-state index contributed by atoms with van der Waals surface area (Å²) < 4.78 is 11.9. The maximum atomic E-state index is 13.9. The number of H-pyrrole nitrogens is 1. The number of aromatic hydroxyl groups is 1. The smallest absolute Gasteiger partial charge is 0.316 e. The Morgan fingerprint density at radius 3 is 2.51 bits per heavy atom. The van der Waals surface area contributed by atoms with Crippen LogP contribution in [0.4, 0.5) is 5.69 Å². The SMILES string of the molecule is COc1cc(NC(=O)CCCc2ccc(C3(C(=O)OC4CN5CCC4CC5)CCCCC3)cc2)c(Cl)cc1CNC[C@H](O)c1ccc(O)c2[nH]c(=O)ccc12. The van der Waals surface area contributed by atoms with Crippen molar-refractivity contribution < 1.29 is 29.3 Å². The van der Waals surface area contributed by atoms with Gasteiger partial charge in [-0.1, -0.05) is 61.2 Å². The van der Waals surface area contributed by atoms with Gasteiger partial charge in [-0.2, -0.15) is 0 Å². The van der Waals surface area contributed by atoms with Crippen molar-refractivity contribution in [2.45, 2.75) is 88.4 Å². The molecule has 4 fully saturated rings. The number of carbonyl (C=O) groups excluding carboxylic acids is 2. The van der Waals surface area contributed by atoms with Crippen molar-refractivity contribution in [3.63, 3.8) is 0 Å². The molecule has 4 heterocycles. The fourth-order valence-corrected chi connectivity index (χ4v) is 8.97. The molecule has 11 nitrogen and oxygen atoms in total. The number of aliphatic hydroxyl groups is 1. The number of hydrogen-bond acceptors (Lipinski definition) is 9. The van der Waals surface area contributed by atoms with E-state index in [-0.39, 0.29) is 41.4 Å². The molecular weight excluding hydrogens is 720 g/mol. The quantitative estimate of drug-likeness (QED) is 0.0903. The molecule has 1 unspecified atom stereocenters. The summed E-state index contributed by atoms with van der Waals surface area (Å²) in [5.74, 6) is 0.730. The molecule has 1 saturated carbocycles. The number of phenolic OH excluding ortho intramolecular Hbond substituents is 1. The van der Waals surface area contributed by atoms with Crippen LogP contribution in [0, 0.1) is 5.92 Å². The van der Waals surface area contributed by atoms with E-state index in [0.717, 1.165) is 87.7 Å². The number of aliphatic hydroxyl groups excluding tert-OH is 1. The number of aromatic amines is 1. The number of esters is 1. The van der Waals surface area contributed by atoms with Gasteiger partial charge in [0.15, 0.2) is 0 Å². The molecule has 1 aliphatic carbocycles. The number of piperidine rings is 3. The standard InChI is InChI=1S/C43H51ClN4O7/c1-54-37-23-34(33(44)22-29(37)24-45-25-36(50)31-12-14-35(49)41-32(31)13-15-40(52)47-41)46-39(51)7-5-6-27-8-10-30(11-9-27)43(18-3-2-4-19-43)42(53)55-38-26-48-20-16-28(38)17-21-48/h8-15,22-23,28,36,38,45,49-50H,2-7,16-21,24-26H2,1H3,(H,46,51)(H,47,52)/t36-,38?/m0/s1. The van der Waals surface area contributed by atoms with Crippen molar-refractivity contribution in [2.75, 3.05) is 38.6 Å². The lowest BCUT2D eigenvalue weighted by Gasteiger charge is -2.45. The number of ether oxygens (including phenoxy) is 2. The first kappa shape index (κ1) is 38.8. The molecule has 3 aromatic carbocycles. The van der Waals surface area contributed by atoms with E-state index < -0.39 is 11.5 Å². The summed E-state index contributed by atoms with van der Waals surface area (Å²) >= 11 is 6.61. The van der Waals surface area contributed by atoms with Crippen LogP contribution in [0.15, 0.2) is 65.5 Å². The number of aromatic nitrogens is 1. The largest absolute Gasteiger partial charge is 0.506 e. The van der Waals surface area contributed by atoms with E-state index in [0.29, 0.717) is 52.7 Å². The summed E-state index contributed by atoms with van der Waals surface area (Å²) in [4.78, 5) is 43.7. The van der Waals surface area contributed by atoms with Crippen LogP contribution in [0.2, 0.25) is 5.02 Å². The van der Waals surface area contributed by atoms with Crippen LogP contribution in [0.25, 0.3) is 10.9 Å². The van der Waals surface area contributed by atoms with Gasteiger partial charge in [0, 0.05) is 49.1 Å². The third-order valence-electron chi connectivity index (χ3n) is 11.9. The molecule has 4 aromatic rings. The topological polar surface area (TPSA) is 153 Å². The predicted octanol–water partition coefficient (Wildman–Crippen LogP) is 6.52. The van der Waals surface area contributed by atoms with E-state index in [2.05, 4.69) is 44.8 Å². The molecule has 55 heavy (non-hydrogen) atoms. The Balaban J connectivity index is 0.906. The number of pyridine rings is 1. The predicted molar refractivity (Wildman–Crippen MR) is 213 cm³/mol. The summed E-state index contributed by atoms with van der Waals surface area (Å²) in [7, 11) is 1.54. The molecule has 0 radical (unpaired) electrons. The summed E-state index contributed by atoms with van der Waals surface area (Å²) in [5.41, 5.74) is 3.25. The van der Waals surface area contributed by atoms with Gasteiger partial charge in [0.05, 0.1) is 34.9 Å². The number of methoxy groups -OCH3 is 1. The first-order chi connectivity index (χ1) is 26.6. The number of rotatable bonds is 14. The number of nitrogens with zero attached hydrogens (tertiary/aromatic N) is 1. The zero-order valence-electron chi connectivity index (χ0n) is 31.4. The molecule has 292 valence electrons. The molecule has 3 saturated heterocycles. The Kier molecular flexibility index (Phi) is 12.1. The van der Waals surface area contributed by atoms with Gasteiger partial charge in [-0.05, 0) is 92.4 Å². The number of fused-ring (bicyclic) bond motifs is 4. The minimum atomic E-state index is -0.927. The Bertz CT molecular complexity index is 2050. The first-order valence-electron chi connectivity index (χ1n) is 19.6. The molecular formula is C43H51ClN4O7. The van der Waals surface area contributed by atoms with E-state index >= 15 is 0 Å². The molecule has 0 spiro atoms. The lowest BCUT2D eigenvalue weighted by molar-refractivity contribution is -0.167. The maximum absolute atomic E-state index is 13.9. The molecule has 3 aliphatic heterocycles. The lowest BCUT2D eigenvalue weighted by atomic mass is 9.69. The Hall–Kier alpha value is -4.42. The van der Waals surface area contributed by atoms with E-state index in [4.69, 9.17) is 21.1 Å². The summed E-state index contributed by atoms with van der Waals surface area (Å²) in [5, 5.41) is 28.1. The van der Waals surface area contributed by atoms with Gasteiger partial charge < -0.3 is 35.3 Å². The first-order valence-corrected chi connectivity index (χ1v) is 19.9. The van der Waals surface area contributed by atoms with Crippen LogP contribution >= 0.6 is 11.6 Å².